The summed E-state index contributed by atoms with van der Waals surface area (Å²) in [7, 11) is 0. The van der Waals surface area contributed by atoms with Gasteiger partial charge in [0.2, 0.25) is 11.8 Å². The van der Waals surface area contributed by atoms with Crippen LogP contribution in [-0.4, -0.2) is 35.5 Å². The van der Waals surface area contributed by atoms with E-state index in [1.807, 2.05) is 25.7 Å². The highest BCUT2D eigenvalue weighted by molar-refractivity contribution is 5.76. The lowest BCUT2D eigenvalue weighted by molar-refractivity contribution is -0.141. The van der Waals surface area contributed by atoms with Gasteiger partial charge in [0.05, 0.1) is 6.61 Å². The van der Waals surface area contributed by atoms with E-state index in [0.29, 0.717) is 26.1 Å². The second-order valence-corrected chi connectivity index (χ2v) is 7.73. The number of hydrogen-bond acceptors (Lipinski definition) is 3. The molecule has 140 valence electrons. The van der Waals surface area contributed by atoms with Crippen molar-refractivity contribution in [2.75, 3.05) is 19.7 Å². The summed E-state index contributed by atoms with van der Waals surface area (Å²) in [5, 5.41) is 0. The Labute approximate surface area is 146 Å². The van der Waals surface area contributed by atoms with Crippen molar-refractivity contribution in [3.05, 3.63) is 23.9 Å². The van der Waals surface area contributed by atoms with Crippen LogP contribution >= 0.6 is 0 Å². The monoisotopic (exact) mass is 358 g/mol. The van der Waals surface area contributed by atoms with E-state index in [-0.39, 0.29) is 23.1 Å². The number of carbonyl (C=O) groups excluding carboxylic acids is 1. The Morgan fingerprint density at radius 2 is 1.88 bits per heavy atom. The van der Waals surface area contributed by atoms with Gasteiger partial charge in [-0.2, -0.15) is 13.2 Å². The summed E-state index contributed by atoms with van der Waals surface area (Å²) in [5.41, 5.74) is -0.987. The number of likely N-dealkylation sites (tertiary alicyclic amines) is 1. The first-order chi connectivity index (χ1) is 11.5. The highest BCUT2D eigenvalue weighted by Crippen LogP contribution is 2.29. The van der Waals surface area contributed by atoms with Crippen LogP contribution in [-0.2, 0) is 11.0 Å². The molecule has 0 N–H and O–H groups in total. The summed E-state index contributed by atoms with van der Waals surface area (Å²) >= 11 is 0. The number of alkyl halides is 3. The molecule has 0 aliphatic carbocycles. The molecular formula is C18H25F3N2O2. The summed E-state index contributed by atoms with van der Waals surface area (Å²) in [6.45, 7) is 7.75. The van der Waals surface area contributed by atoms with Gasteiger partial charge in [0.25, 0.3) is 0 Å². The molecule has 0 unspecified atom stereocenters. The van der Waals surface area contributed by atoms with Crippen LogP contribution in [0.25, 0.3) is 0 Å². The maximum absolute atomic E-state index is 12.6. The molecule has 2 heterocycles. The average Bonchev–Trinajstić information content (AvgIpc) is 2.51. The molecule has 1 aliphatic heterocycles. The van der Waals surface area contributed by atoms with Gasteiger partial charge in [-0.3, -0.25) is 4.79 Å². The van der Waals surface area contributed by atoms with Gasteiger partial charge in [-0.05, 0) is 30.2 Å². The number of pyridine rings is 1. The second-order valence-electron chi connectivity index (χ2n) is 7.73. The standard InChI is InChI=1S/C18H25F3N2O2/c1-17(2,3)11-16(24)23-9-7-13(8-10-23)12-25-15-6-4-5-14(22-15)18(19,20)21/h4-6,13H,7-12H2,1-3H3. The Hall–Kier alpha value is -1.79. The van der Waals surface area contributed by atoms with Gasteiger partial charge < -0.3 is 9.64 Å². The SMILES string of the molecule is CC(C)(C)CC(=O)N1CCC(COc2cccc(C(F)(F)F)n2)CC1. The predicted molar refractivity (Wildman–Crippen MR) is 88.1 cm³/mol. The number of carbonyl (C=O) groups is 1. The molecule has 7 heteroatoms. The minimum Gasteiger partial charge on any atom is -0.477 e. The van der Waals surface area contributed by atoms with Crippen molar-refractivity contribution in [1.29, 1.82) is 0 Å². The molecule has 1 saturated heterocycles. The molecule has 1 fully saturated rings. The number of halogens is 3. The molecule has 25 heavy (non-hydrogen) atoms. The zero-order valence-corrected chi connectivity index (χ0v) is 14.9. The fourth-order valence-electron chi connectivity index (χ4n) is 2.77. The number of piperidine rings is 1. The first-order valence-corrected chi connectivity index (χ1v) is 8.49. The minimum atomic E-state index is -4.47. The number of rotatable bonds is 4. The Bertz CT molecular complexity index is 589. The van der Waals surface area contributed by atoms with Crippen LogP contribution in [0.4, 0.5) is 13.2 Å². The highest BCUT2D eigenvalue weighted by atomic mass is 19.4. The van der Waals surface area contributed by atoms with Crippen molar-refractivity contribution in [2.45, 2.75) is 46.2 Å². The third-order valence-corrected chi connectivity index (χ3v) is 4.13. The summed E-state index contributed by atoms with van der Waals surface area (Å²) < 4.78 is 43.4. The number of hydrogen-bond donors (Lipinski definition) is 0. The lowest BCUT2D eigenvalue weighted by Gasteiger charge is -2.33. The zero-order valence-electron chi connectivity index (χ0n) is 14.9. The first-order valence-electron chi connectivity index (χ1n) is 8.49. The van der Waals surface area contributed by atoms with E-state index in [0.717, 1.165) is 18.9 Å². The molecule has 4 nitrogen and oxygen atoms in total. The smallest absolute Gasteiger partial charge is 0.433 e. The molecule has 0 saturated carbocycles. The summed E-state index contributed by atoms with van der Waals surface area (Å²) in [4.78, 5) is 17.6. The molecule has 0 bridgehead atoms. The Kier molecular flexibility index (Phi) is 5.95. The number of ether oxygens (including phenoxy) is 1. The van der Waals surface area contributed by atoms with Crippen molar-refractivity contribution in [1.82, 2.24) is 9.88 Å². The summed E-state index contributed by atoms with van der Waals surface area (Å²) in [6, 6.07) is 3.64. The van der Waals surface area contributed by atoms with Gasteiger partial charge in [-0.25, -0.2) is 4.98 Å². The third-order valence-electron chi connectivity index (χ3n) is 4.13. The van der Waals surface area contributed by atoms with Crippen LogP contribution in [0.2, 0.25) is 0 Å². The molecule has 0 radical (unpaired) electrons. The number of aromatic nitrogens is 1. The highest BCUT2D eigenvalue weighted by Gasteiger charge is 2.33. The van der Waals surface area contributed by atoms with E-state index in [9.17, 15) is 18.0 Å². The molecule has 0 aromatic carbocycles. The van der Waals surface area contributed by atoms with Crippen molar-refractivity contribution in [3.8, 4) is 5.88 Å². The van der Waals surface area contributed by atoms with Crippen molar-refractivity contribution in [3.63, 3.8) is 0 Å². The van der Waals surface area contributed by atoms with Gasteiger partial charge >= 0.3 is 6.18 Å². The summed E-state index contributed by atoms with van der Waals surface area (Å²) in [5.74, 6) is 0.363. The van der Waals surface area contributed by atoms with Crippen LogP contribution in [0.3, 0.4) is 0 Å². The van der Waals surface area contributed by atoms with E-state index in [1.165, 1.54) is 12.1 Å². The Balaban J connectivity index is 1.80. The Morgan fingerprint density at radius 1 is 1.24 bits per heavy atom. The van der Waals surface area contributed by atoms with Gasteiger partial charge in [0.15, 0.2) is 0 Å². The van der Waals surface area contributed by atoms with E-state index in [1.54, 1.807) is 0 Å². The van der Waals surface area contributed by atoms with E-state index in [4.69, 9.17) is 4.74 Å². The van der Waals surface area contributed by atoms with Crippen LogP contribution in [0.5, 0.6) is 5.88 Å². The molecule has 1 aliphatic rings. The van der Waals surface area contributed by atoms with Gasteiger partial charge in [0, 0.05) is 25.6 Å². The number of nitrogens with zero attached hydrogens (tertiary/aromatic N) is 2. The van der Waals surface area contributed by atoms with E-state index >= 15 is 0 Å². The van der Waals surface area contributed by atoms with E-state index in [2.05, 4.69) is 4.98 Å². The van der Waals surface area contributed by atoms with Crippen LogP contribution in [0.1, 0.15) is 45.7 Å². The largest absolute Gasteiger partial charge is 0.477 e. The molecule has 1 amide bonds. The van der Waals surface area contributed by atoms with Crippen LogP contribution in [0, 0.1) is 11.3 Å². The van der Waals surface area contributed by atoms with Gasteiger partial charge in [-0.1, -0.05) is 26.8 Å². The molecular weight excluding hydrogens is 333 g/mol. The minimum absolute atomic E-state index is 0.0129. The zero-order chi connectivity index (χ0) is 18.7. The van der Waals surface area contributed by atoms with Gasteiger partial charge in [-0.15, -0.1) is 0 Å². The van der Waals surface area contributed by atoms with E-state index < -0.39 is 11.9 Å². The maximum Gasteiger partial charge on any atom is 0.433 e. The fourth-order valence-corrected chi connectivity index (χ4v) is 2.77. The normalized spacial score (nSPS) is 16.8. The van der Waals surface area contributed by atoms with Crippen LogP contribution in [0.15, 0.2) is 18.2 Å². The van der Waals surface area contributed by atoms with Crippen LogP contribution < -0.4 is 4.74 Å². The number of amides is 1. The quantitative estimate of drug-likeness (QED) is 0.812. The lowest BCUT2D eigenvalue weighted by Crippen LogP contribution is -2.41. The van der Waals surface area contributed by atoms with Gasteiger partial charge in [0.1, 0.15) is 5.69 Å². The average molecular weight is 358 g/mol. The first kappa shape index (κ1) is 19.5. The molecule has 2 rings (SSSR count). The topological polar surface area (TPSA) is 42.4 Å². The van der Waals surface area contributed by atoms with Crippen molar-refractivity contribution in [2.24, 2.45) is 11.3 Å². The molecule has 0 atom stereocenters. The molecule has 1 aromatic rings. The summed E-state index contributed by atoms with van der Waals surface area (Å²) in [6.07, 6.45) is -2.38. The maximum atomic E-state index is 12.6. The fraction of sp³-hybridized carbons (Fsp3) is 0.667. The van der Waals surface area contributed by atoms with Crippen molar-refractivity contribution >= 4 is 5.91 Å². The van der Waals surface area contributed by atoms with Crippen molar-refractivity contribution < 1.29 is 22.7 Å². The lowest BCUT2D eigenvalue weighted by atomic mass is 9.90. The molecule has 1 aromatic heterocycles. The molecule has 0 spiro atoms. The third kappa shape index (κ3) is 6.21. The second kappa shape index (κ2) is 7.62. The Morgan fingerprint density at radius 3 is 2.44 bits per heavy atom. The predicted octanol–water partition coefficient (Wildman–Crippen LogP) is 4.15.